The number of carbonyl (C=O) groups excluding carboxylic acids is 4. The number of benzene rings is 3. The molecule has 1 aliphatic rings. The van der Waals surface area contributed by atoms with Gasteiger partial charge in [-0.2, -0.15) is 0 Å². The minimum atomic E-state index is -0.939. The molecular formula is C27H22FN3O6. The number of urea groups is 1. The molecule has 0 unspecified atom stereocenters. The Kier molecular flexibility index (Phi) is 7.58. The number of halogens is 1. The van der Waals surface area contributed by atoms with Gasteiger partial charge in [-0.3, -0.25) is 19.7 Å². The summed E-state index contributed by atoms with van der Waals surface area (Å²) in [4.78, 5) is 50.8. The van der Waals surface area contributed by atoms with Crippen LogP contribution in [-0.2, 0) is 14.4 Å². The quantitative estimate of drug-likeness (QED) is 0.356. The van der Waals surface area contributed by atoms with Crippen LogP contribution in [0.15, 0.2) is 78.4 Å². The number of nitrogens with zero attached hydrogens (tertiary/aromatic N) is 1. The lowest BCUT2D eigenvalue weighted by molar-refractivity contribution is -0.122. The van der Waals surface area contributed by atoms with E-state index in [-0.39, 0.29) is 29.5 Å². The van der Waals surface area contributed by atoms with Crippen LogP contribution in [-0.4, -0.2) is 37.0 Å². The first-order chi connectivity index (χ1) is 17.9. The van der Waals surface area contributed by atoms with Gasteiger partial charge < -0.3 is 14.8 Å². The average molecular weight is 503 g/mol. The van der Waals surface area contributed by atoms with Crippen LogP contribution in [0.1, 0.15) is 12.5 Å². The normalized spacial score (nSPS) is 14.4. The number of imide groups is 2. The van der Waals surface area contributed by atoms with Crippen LogP contribution in [0, 0.1) is 5.82 Å². The molecule has 0 aromatic heterocycles. The summed E-state index contributed by atoms with van der Waals surface area (Å²) < 4.78 is 24.5. The summed E-state index contributed by atoms with van der Waals surface area (Å²) >= 11 is 0. The summed E-state index contributed by atoms with van der Waals surface area (Å²) in [6, 6.07) is 17.4. The van der Waals surface area contributed by atoms with Gasteiger partial charge >= 0.3 is 6.03 Å². The molecule has 1 fully saturated rings. The Bertz CT molecular complexity index is 1370. The van der Waals surface area contributed by atoms with Crippen LogP contribution < -0.4 is 25.0 Å². The molecule has 10 heteroatoms. The number of hydrogen-bond donors (Lipinski definition) is 2. The monoisotopic (exact) mass is 503 g/mol. The van der Waals surface area contributed by atoms with Gasteiger partial charge in [-0.25, -0.2) is 14.1 Å². The van der Waals surface area contributed by atoms with Crippen LogP contribution in [0.5, 0.6) is 11.5 Å². The third kappa shape index (κ3) is 5.99. The van der Waals surface area contributed by atoms with Gasteiger partial charge in [-0.05, 0) is 67.1 Å². The van der Waals surface area contributed by atoms with Crippen molar-refractivity contribution in [3.05, 3.63) is 89.8 Å². The second-order valence-corrected chi connectivity index (χ2v) is 7.78. The molecule has 3 aromatic carbocycles. The van der Waals surface area contributed by atoms with Crippen molar-refractivity contribution < 1.29 is 33.0 Å². The lowest BCUT2D eigenvalue weighted by Crippen LogP contribution is -2.54. The predicted molar refractivity (Wildman–Crippen MR) is 134 cm³/mol. The molecule has 0 aliphatic carbocycles. The maximum Gasteiger partial charge on any atom is 0.335 e. The summed E-state index contributed by atoms with van der Waals surface area (Å²) in [5.74, 6) is -2.06. The molecule has 1 saturated heterocycles. The Morgan fingerprint density at radius 2 is 1.70 bits per heavy atom. The number of para-hydroxylation sites is 1. The molecule has 4 rings (SSSR count). The van der Waals surface area contributed by atoms with E-state index in [0.29, 0.717) is 23.6 Å². The SMILES string of the molecule is CCOc1cc(/C=C2\C(=O)NC(=O)N(c3ccc(F)cc3)C2=O)ccc1OCC(=O)Nc1ccccc1. The van der Waals surface area contributed by atoms with E-state index in [1.807, 2.05) is 6.07 Å². The number of hydrogen-bond acceptors (Lipinski definition) is 6. The van der Waals surface area contributed by atoms with Crippen molar-refractivity contribution in [2.75, 3.05) is 23.4 Å². The van der Waals surface area contributed by atoms with Crippen LogP contribution in [0.2, 0.25) is 0 Å². The van der Waals surface area contributed by atoms with Crippen LogP contribution in [0.4, 0.5) is 20.6 Å². The number of carbonyl (C=O) groups is 4. The molecule has 0 atom stereocenters. The Morgan fingerprint density at radius 1 is 0.973 bits per heavy atom. The van der Waals surface area contributed by atoms with Gasteiger partial charge in [0.1, 0.15) is 11.4 Å². The van der Waals surface area contributed by atoms with Crippen molar-refractivity contribution in [1.82, 2.24) is 5.32 Å². The van der Waals surface area contributed by atoms with E-state index in [9.17, 15) is 23.6 Å². The van der Waals surface area contributed by atoms with Crippen molar-refractivity contribution in [3.63, 3.8) is 0 Å². The first kappa shape index (κ1) is 25.1. The van der Waals surface area contributed by atoms with Crippen molar-refractivity contribution in [2.24, 2.45) is 0 Å². The zero-order valence-corrected chi connectivity index (χ0v) is 19.7. The van der Waals surface area contributed by atoms with E-state index >= 15 is 0 Å². The van der Waals surface area contributed by atoms with Gasteiger partial charge in [-0.15, -0.1) is 0 Å². The van der Waals surface area contributed by atoms with Crippen molar-refractivity contribution in [1.29, 1.82) is 0 Å². The van der Waals surface area contributed by atoms with E-state index < -0.39 is 23.7 Å². The van der Waals surface area contributed by atoms with E-state index in [0.717, 1.165) is 17.0 Å². The van der Waals surface area contributed by atoms with Crippen LogP contribution in [0.3, 0.4) is 0 Å². The van der Waals surface area contributed by atoms with Gasteiger partial charge in [0.15, 0.2) is 18.1 Å². The summed E-state index contributed by atoms with van der Waals surface area (Å²) in [6.45, 7) is 1.78. The smallest absolute Gasteiger partial charge is 0.335 e. The van der Waals surface area contributed by atoms with Gasteiger partial charge in [0, 0.05) is 5.69 Å². The zero-order chi connectivity index (χ0) is 26.4. The van der Waals surface area contributed by atoms with Crippen LogP contribution in [0.25, 0.3) is 6.08 Å². The second-order valence-electron chi connectivity index (χ2n) is 7.78. The molecule has 3 aromatic rings. The number of anilines is 2. The maximum atomic E-state index is 13.3. The van der Waals surface area contributed by atoms with E-state index in [4.69, 9.17) is 9.47 Å². The van der Waals surface area contributed by atoms with E-state index in [2.05, 4.69) is 10.6 Å². The van der Waals surface area contributed by atoms with Crippen molar-refractivity contribution in [3.8, 4) is 11.5 Å². The Morgan fingerprint density at radius 3 is 2.41 bits per heavy atom. The number of barbiturate groups is 1. The summed E-state index contributed by atoms with van der Waals surface area (Å²) in [6.07, 6.45) is 1.30. The number of nitrogens with one attached hydrogen (secondary N) is 2. The van der Waals surface area contributed by atoms with Crippen molar-refractivity contribution >= 4 is 41.2 Å². The first-order valence-corrected chi connectivity index (χ1v) is 11.3. The second kappa shape index (κ2) is 11.2. The molecule has 1 aliphatic heterocycles. The summed E-state index contributed by atoms with van der Waals surface area (Å²) in [7, 11) is 0. The summed E-state index contributed by atoms with van der Waals surface area (Å²) in [5.41, 5.74) is 0.847. The Labute approximate surface area is 211 Å². The molecule has 5 amide bonds. The minimum Gasteiger partial charge on any atom is -0.490 e. The molecule has 37 heavy (non-hydrogen) atoms. The first-order valence-electron chi connectivity index (χ1n) is 11.3. The minimum absolute atomic E-state index is 0.106. The molecule has 9 nitrogen and oxygen atoms in total. The molecule has 0 radical (unpaired) electrons. The fraction of sp³-hybridized carbons (Fsp3) is 0.111. The number of rotatable bonds is 8. The largest absolute Gasteiger partial charge is 0.490 e. The molecule has 1 heterocycles. The van der Waals surface area contributed by atoms with Gasteiger partial charge in [-0.1, -0.05) is 24.3 Å². The lowest BCUT2D eigenvalue weighted by Gasteiger charge is -2.26. The highest BCUT2D eigenvalue weighted by Crippen LogP contribution is 2.30. The highest BCUT2D eigenvalue weighted by molar-refractivity contribution is 6.39. The van der Waals surface area contributed by atoms with Gasteiger partial charge in [0.25, 0.3) is 17.7 Å². The standard InChI is InChI=1S/C27H22FN3O6/c1-2-36-23-15-17(8-13-22(23)37-16-24(32)29-19-6-4-3-5-7-19)14-21-25(33)30-27(35)31(26(21)34)20-11-9-18(28)10-12-20/h3-15H,2,16H2,1H3,(H,29,32)(H,30,33,35)/b21-14+. The molecule has 2 N–H and O–H groups in total. The maximum absolute atomic E-state index is 13.3. The molecule has 0 bridgehead atoms. The average Bonchev–Trinajstić information content (AvgIpc) is 2.88. The fourth-order valence-electron chi connectivity index (χ4n) is 3.51. The Balaban J connectivity index is 1.54. The van der Waals surface area contributed by atoms with E-state index in [1.54, 1.807) is 49.4 Å². The van der Waals surface area contributed by atoms with Gasteiger partial charge in [0.05, 0.1) is 12.3 Å². The van der Waals surface area contributed by atoms with Gasteiger partial charge in [0.2, 0.25) is 0 Å². The fourth-order valence-corrected chi connectivity index (χ4v) is 3.51. The zero-order valence-electron chi connectivity index (χ0n) is 19.7. The van der Waals surface area contributed by atoms with Crippen molar-refractivity contribution in [2.45, 2.75) is 6.92 Å². The number of ether oxygens (including phenoxy) is 2. The molecular weight excluding hydrogens is 481 g/mol. The van der Waals surface area contributed by atoms with E-state index in [1.165, 1.54) is 18.2 Å². The topological polar surface area (TPSA) is 114 Å². The summed E-state index contributed by atoms with van der Waals surface area (Å²) in [5, 5.41) is 4.83. The highest BCUT2D eigenvalue weighted by atomic mass is 19.1. The predicted octanol–water partition coefficient (Wildman–Crippen LogP) is 3.91. The molecule has 0 saturated carbocycles. The third-order valence-electron chi connectivity index (χ3n) is 5.18. The lowest BCUT2D eigenvalue weighted by atomic mass is 10.1. The Hall–Kier alpha value is -4.99. The third-order valence-corrected chi connectivity index (χ3v) is 5.18. The molecule has 188 valence electrons. The highest BCUT2D eigenvalue weighted by Gasteiger charge is 2.36. The molecule has 0 spiro atoms. The number of amides is 5. The van der Waals surface area contributed by atoms with Crippen LogP contribution >= 0.6 is 0 Å².